The van der Waals surface area contributed by atoms with Crippen LogP contribution in [-0.4, -0.2) is 14.5 Å². The molecule has 1 aromatic heterocycles. The van der Waals surface area contributed by atoms with Crippen molar-refractivity contribution in [3.8, 4) is 0 Å². The first-order valence-corrected chi connectivity index (χ1v) is 5.53. The number of hydrogen-bond donors (Lipinski definition) is 0. The number of rotatable bonds is 3. The third-order valence-corrected chi connectivity index (χ3v) is 2.68. The molecule has 0 aromatic carbocycles. The Kier molecular flexibility index (Phi) is 3.69. The van der Waals surface area contributed by atoms with Crippen molar-refractivity contribution in [2.24, 2.45) is 7.05 Å². The lowest BCUT2D eigenvalue weighted by Gasteiger charge is -2.09. The van der Waals surface area contributed by atoms with Crippen molar-refractivity contribution >= 4 is 15.9 Å². The van der Waals surface area contributed by atoms with Gasteiger partial charge in [-0.3, -0.25) is 13.9 Å². The van der Waals surface area contributed by atoms with E-state index in [0.29, 0.717) is 6.54 Å². The molecule has 0 bridgehead atoms. The summed E-state index contributed by atoms with van der Waals surface area (Å²) in [5.41, 5.74) is 0.234. The summed E-state index contributed by atoms with van der Waals surface area (Å²) in [6.45, 7) is 2.42. The molecule has 0 amide bonds. The van der Waals surface area contributed by atoms with E-state index in [2.05, 4.69) is 15.9 Å². The molecule has 0 saturated heterocycles. The van der Waals surface area contributed by atoms with Gasteiger partial charge in [0.2, 0.25) is 0 Å². The first-order chi connectivity index (χ1) is 6.57. The molecule has 0 fully saturated rings. The zero-order chi connectivity index (χ0) is 10.7. The highest BCUT2D eigenvalue weighted by Crippen LogP contribution is 1.95. The number of hydrogen-bond acceptors (Lipinski definition) is 2. The topological polar surface area (TPSA) is 44.0 Å². The molecule has 1 rings (SSSR count). The standard InChI is InChI=1S/C9H13BrN2O2/c1-7-6-8(13)11(2)9(14)12(7)5-3-4-10/h6H,3-5H2,1-2H3. The number of aromatic nitrogens is 2. The molecule has 0 radical (unpaired) electrons. The lowest BCUT2D eigenvalue weighted by molar-refractivity contribution is 0.578. The second-order valence-corrected chi connectivity index (χ2v) is 3.95. The van der Waals surface area contributed by atoms with Crippen LogP contribution in [0.25, 0.3) is 0 Å². The SMILES string of the molecule is Cc1cc(=O)n(C)c(=O)n1CCCBr. The van der Waals surface area contributed by atoms with E-state index < -0.39 is 0 Å². The highest BCUT2D eigenvalue weighted by molar-refractivity contribution is 9.09. The van der Waals surface area contributed by atoms with Gasteiger partial charge in [0.25, 0.3) is 5.56 Å². The van der Waals surface area contributed by atoms with Gasteiger partial charge in [0, 0.05) is 30.7 Å². The molecular weight excluding hydrogens is 248 g/mol. The van der Waals surface area contributed by atoms with E-state index in [9.17, 15) is 9.59 Å². The van der Waals surface area contributed by atoms with Gasteiger partial charge in [0.15, 0.2) is 0 Å². The van der Waals surface area contributed by atoms with Crippen molar-refractivity contribution in [2.75, 3.05) is 5.33 Å². The van der Waals surface area contributed by atoms with E-state index in [-0.39, 0.29) is 11.2 Å². The number of alkyl halides is 1. The van der Waals surface area contributed by atoms with Gasteiger partial charge < -0.3 is 0 Å². The molecule has 0 unspecified atom stereocenters. The Bertz CT molecular complexity index is 433. The molecular formula is C9H13BrN2O2. The van der Waals surface area contributed by atoms with Crippen molar-refractivity contribution in [1.29, 1.82) is 0 Å². The highest BCUT2D eigenvalue weighted by Gasteiger charge is 2.04. The van der Waals surface area contributed by atoms with Gasteiger partial charge in [-0.25, -0.2) is 4.79 Å². The zero-order valence-electron chi connectivity index (χ0n) is 8.29. The Labute approximate surface area is 90.3 Å². The Morgan fingerprint density at radius 1 is 1.43 bits per heavy atom. The van der Waals surface area contributed by atoms with Crippen LogP contribution in [0.1, 0.15) is 12.1 Å². The van der Waals surface area contributed by atoms with E-state index >= 15 is 0 Å². The summed E-state index contributed by atoms with van der Waals surface area (Å²) >= 11 is 3.31. The van der Waals surface area contributed by atoms with Crippen LogP contribution >= 0.6 is 15.9 Å². The van der Waals surface area contributed by atoms with Crippen LogP contribution in [0.15, 0.2) is 15.7 Å². The second-order valence-electron chi connectivity index (χ2n) is 3.16. The summed E-state index contributed by atoms with van der Waals surface area (Å²) in [5.74, 6) is 0. The fourth-order valence-corrected chi connectivity index (χ4v) is 1.52. The first-order valence-electron chi connectivity index (χ1n) is 4.41. The number of aryl methyl sites for hydroxylation is 1. The summed E-state index contributed by atoms with van der Waals surface area (Å²) < 4.78 is 2.74. The number of halogens is 1. The van der Waals surface area contributed by atoms with Crippen molar-refractivity contribution in [3.05, 3.63) is 32.6 Å². The second kappa shape index (κ2) is 4.59. The molecule has 5 heteroatoms. The molecule has 0 N–H and O–H groups in total. The molecule has 0 spiro atoms. The summed E-state index contributed by atoms with van der Waals surface area (Å²) in [7, 11) is 1.49. The van der Waals surface area contributed by atoms with Crippen LogP contribution in [0.4, 0.5) is 0 Å². The monoisotopic (exact) mass is 260 g/mol. The Balaban J connectivity index is 3.23. The molecule has 4 nitrogen and oxygen atoms in total. The van der Waals surface area contributed by atoms with Gasteiger partial charge in [-0.2, -0.15) is 0 Å². The lowest BCUT2D eigenvalue weighted by atomic mass is 10.4. The molecule has 1 heterocycles. The molecule has 0 aliphatic carbocycles. The van der Waals surface area contributed by atoms with Crippen LogP contribution in [0.3, 0.4) is 0 Å². The minimum atomic E-state index is -0.248. The lowest BCUT2D eigenvalue weighted by Crippen LogP contribution is -2.38. The largest absolute Gasteiger partial charge is 0.330 e. The molecule has 0 aliphatic heterocycles. The fourth-order valence-electron chi connectivity index (χ4n) is 1.27. The third-order valence-electron chi connectivity index (χ3n) is 2.12. The van der Waals surface area contributed by atoms with E-state index in [1.54, 1.807) is 11.5 Å². The fraction of sp³-hybridized carbons (Fsp3) is 0.556. The normalized spacial score (nSPS) is 10.5. The van der Waals surface area contributed by atoms with Crippen LogP contribution < -0.4 is 11.2 Å². The first kappa shape index (κ1) is 11.2. The molecule has 0 saturated carbocycles. The molecule has 0 aliphatic rings. The van der Waals surface area contributed by atoms with Crippen molar-refractivity contribution in [2.45, 2.75) is 19.9 Å². The predicted octanol–water partition coefficient (Wildman–Crippen LogP) is 0.640. The Morgan fingerprint density at radius 3 is 2.64 bits per heavy atom. The third kappa shape index (κ3) is 2.15. The summed E-state index contributed by atoms with van der Waals surface area (Å²) in [6, 6.07) is 1.48. The predicted molar refractivity (Wildman–Crippen MR) is 59.1 cm³/mol. The molecule has 1 aromatic rings. The quantitative estimate of drug-likeness (QED) is 0.749. The highest BCUT2D eigenvalue weighted by atomic mass is 79.9. The number of nitrogens with zero attached hydrogens (tertiary/aromatic N) is 2. The van der Waals surface area contributed by atoms with Crippen LogP contribution in [0.2, 0.25) is 0 Å². The van der Waals surface area contributed by atoms with Crippen molar-refractivity contribution < 1.29 is 0 Å². The maximum Gasteiger partial charge on any atom is 0.330 e. The summed E-state index contributed by atoms with van der Waals surface area (Å²) in [5, 5.41) is 0.849. The Hall–Kier alpha value is -0.840. The van der Waals surface area contributed by atoms with E-state index in [4.69, 9.17) is 0 Å². The average Bonchev–Trinajstić information content (AvgIpc) is 2.14. The summed E-state index contributed by atoms with van der Waals surface area (Å²) in [4.78, 5) is 22.9. The minimum Gasteiger partial charge on any atom is -0.298 e. The van der Waals surface area contributed by atoms with E-state index in [1.807, 2.05) is 0 Å². The van der Waals surface area contributed by atoms with Gasteiger partial charge in [-0.1, -0.05) is 15.9 Å². The van der Waals surface area contributed by atoms with Gasteiger partial charge in [0.1, 0.15) is 0 Å². The maximum absolute atomic E-state index is 11.6. The van der Waals surface area contributed by atoms with E-state index in [0.717, 1.165) is 22.0 Å². The van der Waals surface area contributed by atoms with Crippen LogP contribution in [0.5, 0.6) is 0 Å². The van der Waals surface area contributed by atoms with Gasteiger partial charge >= 0.3 is 5.69 Å². The minimum absolute atomic E-state index is 0.240. The van der Waals surface area contributed by atoms with E-state index in [1.165, 1.54) is 13.1 Å². The van der Waals surface area contributed by atoms with Gasteiger partial charge in [0.05, 0.1) is 0 Å². The zero-order valence-corrected chi connectivity index (χ0v) is 9.87. The van der Waals surface area contributed by atoms with Crippen molar-refractivity contribution in [1.82, 2.24) is 9.13 Å². The van der Waals surface area contributed by atoms with Gasteiger partial charge in [-0.15, -0.1) is 0 Å². The summed E-state index contributed by atoms with van der Waals surface area (Å²) in [6.07, 6.45) is 0.874. The van der Waals surface area contributed by atoms with Crippen LogP contribution in [-0.2, 0) is 13.6 Å². The maximum atomic E-state index is 11.6. The Morgan fingerprint density at radius 2 is 2.07 bits per heavy atom. The van der Waals surface area contributed by atoms with Crippen LogP contribution in [0, 0.1) is 6.92 Å². The average molecular weight is 261 g/mol. The molecule has 14 heavy (non-hydrogen) atoms. The van der Waals surface area contributed by atoms with Crippen molar-refractivity contribution in [3.63, 3.8) is 0 Å². The smallest absolute Gasteiger partial charge is 0.298 e. The molecule has 0 atom stereocenters. The van der Waals surface area contributed by atoms with Gasteiger partial charge in [-0.05, 0) is 13.3 Å². The molecule has 78 valence electrons.